The van der Waals surface area contributed by atoms with E-state index in [1.54, 1.807) is 25.7 Å². The van der Waals surface area contributed by atoms with Crippen LogP contribution in [0.2, 0.25) is 0 Å². The van der Waals surface area contributed by atoms with Gasteiger partial charge >= 0.3 is 11.9 Å². The van der Waals surface area contributed by atoms with Crippen LogP contribution in [0.1, 0.15) is 46.0 Å². The van der Waals surface area contributed by atoms with Crippen molar-refractivity contribution in [1.29, 1.82) is 0 Å². The van der Waals surface area contributed by atoms with Gasteiger partial charge in [0.05, 0.1) is 25.4 Å². The normalized spacial score (nSPS) is 15.6. The van der Waals surface area contributed by atoms with Crippen molar-refractivity contribution in [3.63, 3.8) is 0 Å². The molecule has 0 saturated carbocycles. The van der Waals surface area contributed by atoms with E-state index in [2.05, 4.69) is 4.98 Å². The quantitative estimate of drug-likeness (QED) is 0.800. The van der Waals surface area contributed by atoms with Gasteiger partial charge in [0.2, 0.25) is 0 Å². The number of aromatic nitrogens is 1. The molecule has 1 fully saturated rings. The lowest BCUT2D eigenvalue weighted by atomic mass is 10.1. The van der Waals surface area contributed by atoms with Crippen LogP contribution >= 0.6 is 0 Å². The van der Waals surface area contributed by atoms with Crippen LogP contribution in [0.15, 0.2) is 0 Å². The fraction of sp³-hybridized carbons (Fsp3) is 0.588. The number of aromatic amines is 1. The number of morpholine rings is 1. The lowest BCUT2D eigenvalue weighted by molar-refractivity contribution is -0.143. The molecule has 1 aliphatic rings. The van der Waals surface area contributed by atoms with Crippen molar-refractivity contribution in [3.8, 4) is 0 Å². The summed E-state index contributed by atoms with van der Waals surface area (Å²) in [5.41, 5.74) is 1.45. The Labute approximate surface area is 146 Å². The molecule has 8 nitrogen and oxygen atoms in total. The van der Waals surface area contributed by atoms with Gasteiger partial charge in [-0.1, -0.05) is 0 Å². The number of ether oxygens (including phenoxy) is 3. The second-order valence-corrected chi connectivity index (χ2v) is 5.83. The summed E-state index contributed by atoms with van der Waals surface area (Å²) in [6.07, 6.45) is -0.917. The van der Waals surface area contributed by atoms with E-state index in [0.29, 0.717) is 43.1 Å². The minimum atomic E-state index is -0.917. The lowest BCUT2D eigenvalue weighted by Gasteiger charge is -2.28. The van der Waals surface area contributed by atoms with Gasteiger partial charge in [0, 0.05) is 18.8 Å². The Kier molecular flexibility index (Phi) is 6.19. The first kappa shape index (κ1) is 19.0. The van der Waals surface area contributed by atoms with E-state index < -0.39 is 18.0 Å². The zero-order chi connectivity index (χ0) is 18.6. The number of esters is 2. The highest BCUT2D eigenvalue weighted by atomic mass is 16.5. The Morgan fingerprint density at radius 3 is 2.44 bits per heavy atom. The van der Waals surface area contributed by atoms with Gasteiger partial charge in [0.15, 0.2) is 6.10 Å². The van der Waals surface area contributed by atoms with Crippen molar-refractivity contribution in [3.05, 3.63) is 22.5 Å². The standard InChI is InChI=1S/C17H24N2O6/c1-5-24-16(21)13-10(2)14(18-11(13)3)17(22)25-12(4)15(20)19-6-8-23-9-7-19/h12,18H,5-9H2,1-4H3/t12-/m0/s1. The van der Waals surface area contributed by atoms with Gasteiger partial charge in [-0.05, 0) is 33.3 Å². The minimum absolute atomic E-state index is 0.155. The molecular formula is C17H24N2O6. The summed E-state index contributed by atoms with van der Waals surface area (Å²) in [4.78, 5) is 41.2. The molecule has 138 valence electrons. The Morgan fingerprint density at radius 2 is 1.84 bits per heavy atom. The molecule has 8 heteroatoms. The SMILES string of the molecule is CCOC(=O)c1c(C)[nH]c(C(=O)O[C@@H](C)C(=O)N2CCOCC2)c1C. The summed E-state index contributed by atoms with van der Waals surface area (Å²) in [6, 6.07) is 0. The van der Waals surface area contributed by atoms with E-state index in [9.17, 15) is 14.4 Å². The maximum Gasteiger partial charge on any atom is 0.355 e. The highest BCUT2D eigenvalue weighted by Gasteiger charge is 2.29. The summed E-state index contributed by atoms with van der Waals surface area (Å²) < 4.78 is 15.5. The van der Waals surface area contributed by atoms with E-state index in [1.807, 2.05) is 0 Å². The van der Waals surface area contributed by atoms with Crippen molar-refractivity contribution in [2.75, 3.05) is 32.9 Å². The lowest BCUT2D eigenvalue weighted by Crippen LogP contribution is -2.46. The summed E-state index contributed by atoms with van der Waals surface area (Å²) in [6.45, 7) is 8.72. The maximum atomic E-state index is 12.4. The van der Waals surface area contributed by atoms with Crippen LogP contribution in [0, 0.1) is 13.8 Å². The largest absolute Gasteiger partial charge is 0.462 e. The van der Waals surface area contributed by atoms with Gasteiger partial charge < -0.3 is 24.1 Å². The van der Waals surface area contributed by atoms with E-state index in [0.717, 1.165) is 0 Å². The molecule has 0 bridgehead atoms. The maximum absolute atomic E-state index is 12.4. The molecule has 1 amide bonds. The van der Waals surface area contributed by atoms with Crippen molar-refractivity contribution in [1.82, 2.24) is 9.88 Å². The first-order valence-electron chi connectivity index (χ1n) is 8.30. The molecule has 2 rings (SSSR count). The number of nitrogens with one attached hydrogen (secondary N) is 1. The molecule has 1 aromatic rings. The van der Waals surface area contributed by atoms with Crippen LogP contribution in [-0.4, -0.2) is 66.7 Å². The number of carbonyl (C=O) groups excluding carboxylic acids is 3. The van der Waals surface area contributed by atoms with Crippen molar-refractivity contribution < 1.29 is 28.6 Å². The average Bonchev–Trinajstić information content (AvgIpc) is 2.89. The Morgan fingerprint density at radius 1 is 1.20 bits per heavy atom. The second kappa shape index (κ2) is 8.15. The third-order valence-corrected chi connectivity index (χ3v) is 4.08. The number of rotatable bonds is 5. The van der Waals surface area contributed by atoms with Gasteiger partial charge in [-0.25, -0.2) is 9.59 Å². The molecule has 1 saturated heterocycles. The molecule has 0 spiro atoms. The van der Waals surface area contributed by atoms with Gasteiger partial charge in [-0.3, -0.25) is 4.79 Å². The third kappa shape index (κ3) is 4.19. The van der Waals surface area contributed by atoms with Crippen molar-refractivity contribution in [2.24, 2.45) is 0 Å². The molecule has 1 aromatic heterocycles. The summed E-state index contributed by atoms with van der Waals surface area (Å²) in [7, 11) is 0. The van der Waals surface area contributed by atoms with E-state index >= 15 is 0 Å². The monoisotopic (exact) mass is 352 g/mol. The fourth-order valence-corrected chi connectivity index (χ4v) is 2.77. The molecule has 0 radical (unpaired) electrons. The van der Waals surface area contributed by atoms with Crippen LogP contribution in [0.3, 0.4) is 0 Å². The number of H-pyrrole nitrogens is 1. The number of hydrogen-bond acceptors (Lipinski definition) is 6. The molecule has 0 aliphatic carbocycles. The smallest absolute Gasteiger partial charge is 0.355 e. The number of aryl methyl sites for hydroxylation is 1. The summed E-state index contributed by atoms with van der Waals surface area (Å²) >= 11 is 0. The van der Waals surface area contributed by atoms with Crippen LogP contribution in [0.5, 0.6) is 0 Å². The molecular weight excluding hydrogens is 328 g/mol. The van der Waals surface area contributed by atoms with E-state index in [4.69, 9.17) is 14.2 Å². The molecule has 25 heavy (non-hydrogen) atoms. The molecule has 1 atom stereocenters. The molecule has 1 N–H and O–H groups in total. The van der Waals surface area contributed by atoms with Crippen LogP contribution in [0.4, 0.5) is 0 Å². The first-order valence-corrected chi connectivity index (χ1v) is 8.30. The summed E-state index contributed by atoms with van der Waals surface area (Å²) in [5.74, 6) is -1.43. The topological polar surface area (TPSA) is 97.9 Å². The van der Waals surface area contributed by atoms with Crippen molar-refractivity contribution >= 4 is 17.8 Å². The Bertz CT molecular complexity index is 660. The number of carbonyl (C=O) groups is 3. The van der Waals surface area contributed by atoms with Crippen LogP contribution in [0.25, 0.3) is 0 Å². The zero-order valence-electron chi connectivity index (χ0n) is 15.0. The van der Waals surface area contributed by atoms with Gasteiger partial charge in [-0.15, -0.1) is 0 Å². The fourth-order valence-electron chi connectivity index (χ4n) is 2.77. The van der Waals surface area contributed by atoms with Crippen molar-refractivity contribution in [2.45, 2.75) is 33.8 Å². The highest BCUT2D eigenvalue weighted by molar-refractivity contribution is 5.99. The predicted octanol–water partition coefficient (Wildman–Crippen LogP) is 1.21. The Balaban J connectivity index is 2.09. The summed E-state index contributed by atoms with van der Waals surface area (Å²) in [5, 5.41) is 0. The molecule has 2 heterocycles. The molecule has 0 aromatic carbocycles. The molecule has 0 unspecified atom stereocenters. The number of hydrogen-bond donors (Lipinski definition) is 1. The number of nitrogens with zero attached hydrogens (tertiary/aromatic N) is 1. The predicted molar refractivity (Wildman–Crippen MR) is 88.5 cm³/mol. The second-order valence-electron chi connectivity index (χ2n) is 5.83. The van der Waals surface area contributed by atoms with Gasteiger partial charge in [0.25, 0.3) is 5.91 Å². The van der Waals surface area contributed by atoms with E-state index in [-0.39, 0.29) is 18.2 Å². The number of amides is 1. The first-order chi connectivity index (χ1) is 11.9. The highest BCUT2D eigenvalue weighted by Crippen LogP contribution is 2.20. The van der Waals surface area contributed by atoms with Crippen LogP contribution < -0.4 is 0 Å². The molecule has 1 aliphatic heterocycles. The van der Waals surface area contributed by atoms with Gasteiger partial charge in [-0.2, -0.15) is 0 Å². The zero-order valence-corrected chi connectivity index (χ0v) is 15.0. The van der Waals surface area contributed by atoms with Crippen LogP contribution in [-0.2, 0) is 19.0 Å². The average molecular weight is 352 g/mol. The Hall–Kier alpha value is -2.35. The minimum Gasteiger partial charge on any atom is -0.462 e. The van der Waals surface area contributed by atoms with E-state index in [1.165, 1.54) is 6.92 Å². The van der Waals surface area contributed by atoms with Gasteiger partial charge in [0.1, 0.15) is 5.69 Å². The third-order valence-electron chi connectivity index (χ3n) is 4.08.